The van der Waals surface area contributed by atoms with Crippen LogP contribution in [0.2, 0.25) is 0 Å². The average molecular weight is 205 g/mol. The maximum absolute atomic E-state index is 4.22. The molecular formula is C12H19N3. The second-order valence-electron chi connectivity index (χ2n) is 4.54. The second kappa shape index (κ2) is 4.09. The van der Waals surface area contributed by atoms with Gasteiger partial charge in [-0.2, -0.15) is 0 Å². The molecule has 0 spiro atoms. The Morgan fingerprint density at radius 2 is 2.27 bits per heavy atom. The van der Waals surface area contributed by atoms with E-state index in [-0.39, 0.29) is 0 Å². The van der Waals surface area contributed by atoms with E-state index in [9.17, 15) is 0 Å². The molecule has 82 valence electrons. The van der Waals surface area contributed by atoms with E-state index >= 15 is 0 Å². The first-order valence-electron chi connectivity index (χ1n) is 5.54. The molecule has 0 amide bonds. The largest absolute Gasteiger partial charge is 0.387 e. The molecule has 1 aromatic heterocycles. The minimum atomic E-state index is 0.883. The second-order valence-corrected chi connectivity index (χ2v) is 4.54. The van der Waals surface area contributed by atoms with E-state index in [1.54, 1.807) is 0 Å². The fraction of sp³-hybridized carbons (Fsp3) is 0.583. The van der Waals surface area contributed by atoms with Gasteiger partial charge < -0.3 is 10.2 Å². The molecule has 0 aromatic carbocycles. The molecule has 2 rings (SSSR count). The van der Waals surface area contributed by atoms with Gasteiger partial charge in [-0.3, -0.25) is 4.98 Å². The highest BCUT2D eigenvalue weighted by Crippen LogP contribution is 2.38. The monoisotopic (exact) mass is 205 g/mol. The van der Waals surface area contributed by atoms with Crippen molar-refractivity contribution in [2.24, 2.45) is 11.8 Å². The van der Waals surface area contributed by atoms with E-state index in [1.165, 1.54) is 12.1 Å². The summed E-state index contributed by atoms with van der Waals surface area (Å²) in [5, 5.41) is 3.11. The third-order valence-electron chi connectivity index (χ3n) is 3.24. The summed E-state index contributed by atoms with van der Waals surface area (Å²) < 4.78 is 0. The number of pyridine rings is 1. The molecule has 0 bridgehead atoms. The Bertz CT molecular complexity index is 337. The number of aromatic nitrogens is 1. The Labute approximate surface area is 91.5 Å². The molecular weight excluding hydrogens is 186 g/mol. The lowest BCUT2D eigenvalue weighted by atomic mass is 10.3. The maximum Gasteiger partial charge on any atom is 0.0570 e. The van der Waals surface area contributed by atoms with Crippen LogP contribution in [0.15, 0.2) is 18.5 Å². The molecule has 2 unspecified atom stereocenters. The third-order valence-corrected chi connectivity index (χ3v) is 3.24. The number of hydrogen-bond donors (Lipinski definition) is 1. The standard InChI is InChI=1S/C12H19N3/c1-9-4-10(9)8-15(3)12-5-11(13-2)6-14-7-12/h5-7,9-10,13H,4,8H2,1-3H3. The van der Waals surface area contributed by atoms with Gasteiger partial charge in [0.2, 0.25) is 0 Å². The Morgan fingerprint density at radius 1 is 1.53 bits per heavy atom. The molecule has 1 aromatic rings. The quantitative estimate of drug-likeness (QED) is 0.817. The van der Waals surface area contributed by atoms with Gasteiger partial charge in [0, 0.05) is 20.6 Å². The van der Waals surface area contributed by atoms with Gasteiger partial charge >= 0.3 is 0 Å². The van der Waals surface area contributed by atoms with Crippen molar-refractivity contribution >= 4 is 11.4 Å². The number of anilines is 2. The smallest absolute Gasteiger partial charge is 0.0570 e. The molecule has 0 aliphatic heterocycles. The van der Waals surface area contributed by atoms with Crippen molar-refractivity contribution in [2.45, 2.75) is 13.3 Å². The van der Waals surface area contributed by atoms with Crippen LogP contribution in [0.5, 0.6) is 0 Å². The van der Waals surface area contributed by atoms with E-state index in [1.807, 2.05) is 19.4 Å². The minimum Gasteiger partial charge on any atom is -0.387 e. The summed E-state index contributed by atoms with van der Waals surface area (Å²) in [4.78, 5) is 6.51. The van der Waals surface area contributed by atoms with Gasteiger partial charge in [-0.25, -0.2) is 0 Å². The summed E-state index contributed by atoms with van der Waals surface area (Å²) in [6.45, 7) is 3.47. The highest BCUT2D eigenvalue weighted by Gasteiger charge is 2.33. The van der Waals surface area contributed by atoms with Gasteiger partial charge in [0.1, 0.15) is 0 Å². The van der Waals surface area contributed by atoms with Gasteiger partial charge in [-0.15, -0.1) is 0 Å². The molecule has 1 saturated carbocycles. The summed E-state index contributed by atoms with van der Waals surface area (Å²) in [6.07, 6.45) is 5.15. The normalized spacial score (nSPS) is 23.7. The first-order valence-corrected chi connectivity index (χ1v) is 5.54. The van der Waals surface area contributed by atoms with Crippen LogP contribution in [0, 0.1) is 11.8 Å². The van der Waals surface area contributed by atoms with Crippen molar-refractivity contribution in [3.63, 3.8) is 0 Å². The highest BCUT2D eigenvalue weighted by atomic mass is 15.1. The molecule has 15 heavy (non-hydrogen) atoms. The Kier molecular flexibility index (Phi) is 2.80. The maximum atomic E-state index is 4.22. The SMILES string of the molecule is CNc1cncc(N(C)CC2CC2C)c1. The molecule has 3 nitrogen and oxygen atoms in total. The van der Waals surface area contributed by atoms with Crippen LogP contribution in [0.3, 0.4) is 0 Å². The lowest BCUT2D eigenvalue weighted by molar-refractivity contribution is 0.724. The topological polar surface area (TPSA) is 28.2 Å². The van der Waals surface area contributed by atoms with Crippen molar-refractivity contribution in [2.75, 3.05) is 30.9 Å². The lowest BCUT2D eigenvalue weighted by Crippen LogP contribution is -2.20. The Morgan fingerprint density at radius 3 is 2.87 bits per heavy atom. The van der Waals surface area contributed by atoms with Crippen LogP contribution in [-0.2, 0) is 0 Å². The molecule has 1 fully saturated rings. The first kappa shape index (κ1) is 10.3. The van der Waals surface area contributed by atoms with Crippen LogP contribution >= 0.6 is 0 Å². The van der Waals surface area contributed by atoms with Crippen LogP contribution in [0.25, 0.3) is 0 Å². The summed E-state index contributed by atoms with van der Waals surface area (Å²) in [5.41, 5.74) is 2.27. The number of nitrogens with zero attached hydrogens (tertiary/aromatic N) is 2. The average Bonchev–Trinajstić information content (AvgIpc) is 2.94. The number of hydrogen-bond acceptors (Lipinski definition) is 3. The van der Waals surface area contributed by atoms with Crippen molar-refractivity contribution in [3.05, 3.63) is 18.5 Å². The fourth-order valence-corrected chi connectivity index (χ4v) is 1.88. The van der Waals surface area contributed by atoms with E-state index in [4.69, 9.17) is 0 Å². The van der Waals surface area contributed by atoms with Crippen LogP contribution in [0.1, 0.15) is 13.3 Å². The highest BCUT2D eigenvalue weighted by molar-refractivity contribution is 5.54. The van der Waals surface area contributed by atoms with Gasteiger partial charge in [0.05, 0.1) is 23.8 Å². The van der Waals surface area contributed by atoms with E-state index in [2.05, 4.69) is 35.2 Å². The summed E-state index contributed by atoms with van der Waals surface area (Å²) in [6, 6.07) is 2.14. The van der Waals surface area contributed by atoms with E-state index < -0.39 is 0 Å². The van der Waals surface area contributed by atoms with Crippen molar-refractivity contribution in [3.8, 4) is 0 Å². The van der Waals surface area contributed by atoms with Crippen LogP contribution in [0.4, 0.5) is 11.4 Å². The van der Waals surface area contributed by atoms with Gasteiger partial charge in [0.25, 0.3) is 0 Å². The van der Waals surface area contributed by atoms with Crippen molar-refractivity contribution in [1.29, 1.82) is 0 Å². The molecule has 0 radical (unpaired) electrons. The fourth-order valence-electron chi connectivity index (χ4n) is 1.88. The molecule has 1 N–H and O–H groups in total. The molecule has 0 saturated heterocycles. The predicted molar refractivity (Wildman–Crippen MR) is 64.3 cm³/mol. The van der Waals surface area contributed by atoms with Gasteiger partial charge in [-0.05, 0) is 24.3 Å². The van der Waals surface area contributed by atoms with Gasteiger partial charge in [-0.1, -0.05) is 6.92 Å². The zero-order chi connectivity index (χ0) is 10.8. The van der Waals surface area contributed by atoms with E-state index in [0.717, 1.165) is 24.1 Å². The van der Waals surface area contributed by atoms with Gasteiger partial charge in [0.15, 0.2) is 0 Å². The number of nitrogens with one attached hydrogen (secondary N) is 1. The zero-order valence-corrected chi connectivity index (χ0v) is 9.70. The van der Waals surface area contributed by atoms with Crippen molar-refractivity contribution in [1.82, 2.24) is 4.98 Å². The van der Waals surface area contributed by atoms with Crippen molar-refractivity contribution < 1.29 is 0 Å². The molecule has 2 atom stereocenters. The molecule has 1 heterocycles. The Hall–Kier alpha value is -1.25. The first-order chi connectivity index (χ1) is 7.20. The molecule has 1 aliphatic rings. The molecule has 3 heteroatoms. The van der Waals surface area contributed by atoms with Crippen LogP contribution in [-0.4, -0.2) is 25.6 Å². The Balaban J connectivity index is 2.00. The third kappa shape index (κ3) is 2.41. The van der Waals surface area contributed by atoms with Crippen LogP contribution < -0.4 is 10.2 Å². The molecule has 1 aliphatic carbocycles. The predicted octanol–water partition coefficient (Wildman–Crippen LogP) is 2.22. The summed E-state index contributed by atoms with van der Waals surface area (Å²) in [5.74, 6) is 1.79. The summed E-state index contributed by atoms with van der Waals surface area (Å²) >= 11 is 0. The lowest BCUT2D eigenvalue weighted by Gasteiger charge is -2.19. The number of rotatable bonds is 4. The zero-order valence-electron chi connectivity index (χ0n) is 9.70. The summed E-state index contributed by atoms with van der Waals surface area (Å²) in [7, 11) is 4.06. The minimum absolute atomic E-state index is 0.883. The van der Waals surface area contributed by atoms with E-state index in [0.29, 0.717) is 0 Å².